The molecule has 102 valence electrons. The topological polar surface area (TPSA) is 51.0 Å². The molecule has 1 aromatic heterocycles. The lowest BCUT2D eigenvalue weighted by Crippen LogP contribution is -2.36. The number of aryl methyl sites for hydroxylation is 1. The van der Waals surface area contributed by atoms with Crippen molar-refractivity contribution in [1.82, 2.24) is 15.5 Å². The molecular formula is C13H15ClFN3O. The summed E-state index contributed by atoms with van der Waals surface area (Å²) < 4.78 is 18.8. The second-order valence-electron chi connectivity index (χ2n) is 4.83. The van der Waals surface area contributed by atoms with E-state index in [1.165, 1.54) is 6.07 Å². The Hall–Kier alpha value is -1.46. The molecule has 0 radical (unpaired) electrons. The summed E-state index contributed by atoms with van der Waals surface area (Å²) in [6.07, 6.45) is 0. The molecule has 0 amide bonds. The third-order valence-electron chi connectivity index (χ3n) is 2.83. The Morgan fingerprint density at radius 2 is 2.16 bits per heavy atom. The van der Waals surface area contributed by atoms with Gasteiger partial charge in [0.05, 0.1) is 5.54 Å². The number of aromatic nitrogens is 2. The standard InChI is InChI=1S/C13H15ClFN3O/c1-8-17-12(19-18-8)13(2,3)16-7-9-10(14)5-4-6-11(9)15/h4-6,16H,7H2,1-3H3. The van der Waals surface area contributed by atoms with Crippen LogP contribution < -0.4 is 5.32 Å². The second kappa shape index (κ2) is 5.27. The van der Waals surface area contributed by atoms with Gasteiger partial charge in [0, 0.05) is 17.1 Å². The molecule has 4 nitrogen and oxygen atoms in total. The Bertz CT molecular complexity index is 563. The van der Waals surface area contributed by atoms with Gasteiger partial charge in [-0.15, -0.1) is 0 Å². The van der Waals surface area contributed by atoms with Gasteiger partial charge in [0.1, 0.15) is 5.82 Å². The molecule has 6 heteroatoms. The Morgan fingerprint density at radius 1 is 1.42 bits per heavy atom. The average Bonchev–Trinajstić information content (AvgIpc) is 2.76. The number of nitrogens with zero attached hydrogens (tertiary/aromatic N) is 2. The highest BCUT2D eigenvalue weighted by Crippen LogP contribution is 2.22. The fraction of sp³-hybridized carbons (Fsp3) is 0.385. The van der Waals surface area contributed by atoms with Crippen LogP contribution in [0, 0.1) is 12.7 Å². The summed E-state index contributed by atoms with van der Waals surface area (Å²) in [5, 5.41) is 7.31. The molecule has 19 heavy (non-hydrogen) atoms. The highest BCUT2D eigenvalue weighted by Gasteiger charge is 2.27. The van der Waals surface area contributed by atoms with Gasteiger partial charge in [0.2, 0.25) is 5.89 Å². The fourth-order valence-electron chi connectivity index (χ4n) is 1.64. The zero-order valence-electron chi connectivity index (χ0n) is 11.0. The van der Waals surface area contributed by atoms with Crippen molar-refractivity contribution in [1.29, 1.82) is 0 Å². The van der Waals surface area contributed by atoms with Gasteiger partial charge in [-0.05, 0) is 32.9 Å². The summed E-state index contributed by atoms with van der Waals surface area (Å²) in [7, 11) is 0. The molecule has 1 aromatic carbocycles. The van der Waals surface area contributed by atoms with Crippen molar-refractivity contribution in [3.63, 3.8) is 0 Å². The van der Waals surface area contributed by atoms with E-state index in [4.69, 9.17) is 16.1 Å². The van der Waals surface area contributed by atoms with Gasteiger partial charge in [-0.3, -0.25) is 5.32 Å². The largest absolute Gasteiger partial charge is 0.337 e. The summed E-state index contributed by atoms with van der Waals surface area (Å²) in [6.45, 7) is 5.79. The SMILES string of the molecule is Cc1noc(C(C)(C)NCc2c(F)cccc2Cl)n1. The van der Waals surface area contributed by atoms with E-state index in [1.807, 2.05) is 13.8 Å². The van der Waals surface area contributed by atoms with Crippen LogP contribution in [0.4, 0.5) is 4.39 Å². The van der Waals surface area contributed by atoms with E-state index >= 15 is 0 Å². The molecule has 0 atom stereocenters. The van der Waals surface area contributed by atoms with Crippen LogP contribution in [0.25, 0.3) is 0 Å². The third-order valence-corrected chi connectivity index (χ3v) is 3.19. The Balaban J connectivity index is 2.14. The first-order valence-corrected chi connectivity index (χ1v) is 6.26. The molecule has 1 heterocycles. The highest BCUT2D eigenvalue weighted by molar-refractivity contribution is 6.31. The second-order valence-corrected chi connectivity index (χ2v) is 5.23. The van der Waals surface area contributed by atoms with Crippen LogP contribution in [0.15, 0.2) is 22.7 Å². The zero-order chi connectivity index (χ0) is 14.0. The van der Waals surface area contributed by atoms with E-state index in [0.29, 0.717) is 22.3 Å². The van der Waals surface area contributed by atoms with Crippen LogP contribution in [0.2, 0.25) is 5.02 Å². The summed E-state index contributed by atoms with van der Waals surface area (Å²) >= 11 is 5.98. The van der Waals surface area contributed by atoms with E-state index in [9.17, 15) is 4.39 Å². The number of halogens is 2. The quantitative estimate of drug-likeness (QED) is 0.936. The number of rotatable bonds is 4. The minimum atomic E-state index is -0.563. The van der Waals surface area contributed by atoms with E-state index in [1.54, 1.807) is 19.1 Å². The van der Waals surface area contributed by atoms with Crippen molar-refractivity contribution in [2.45, 2.75) is 32.9 Å². The van der Waals surface area contributed by atoms with Crippen molar-refractivity contribution in [3.8, 4) is 0 Å². The molecule has 0 aliphatic heterocycles. The first kappa shape index (κ1) is 14.0. The van der Waals surface area contributed by atoms with E-state index in [2.05, 4.69) is 15.5 Å². The maximum absolute atomic E-state index is 13.7. The van der Waals surface area contributed by atoms with Gasteiger partial charge in [0.25, 0.3) is 0 Å². The van der Waals surface area contributed by atoms with E-state index in [-0.39, 0.29) is 12.4 Å². The van der Waals surface area contributed by atoms with Crippen LogP contribution in [-0.2, 0) is 12.1 Å². The molecule has 0 aliphatic rings. The van der Waals surface area contributed by atoms with E-state index in [0.717, 1.165) is 0 Å². The predicted octanol–water partition coefficient (Wildman–Crippen LogP) is 3.20. The summed E-state index contributed by atoms with van der Waals surface area (Å²) in [5.41, 5.74) is -0.138. The van der Waals surface area contributed by atoms with Crippen LogP contribution in [-0.4, -0.2) is 10.1 Å². The Morgan fingerprint density at radius 3 is 2.74 bits per heavy atom. The highest BCUT2D eigenvalue weighted by atomic mass is 35.5. The maximum Gasteiger partial charge on any atom is 0.246 e. The smallest absolute Gasteiger partial charge is 0.246 e. The first-order chi connectivity index (χ1) is 8.90. The number of hydrogen-bond acceptors (Lipinski definition) is 4. The lowest BCUT2D eigenvalue weighted by Gasteiger charge is -2.22. The fourth-order valence-corrected chi connectivity index (χ4v) is 1.87. The lowest BCUT2D eigenvalue weighted by atomic mass is 10.0. The normalized spacial score (nSPS) is 11.8. The van der Waals surface area contributed by atoms with Gasteiger partial charge in [0.15, 0.2) is 5.82 Å². The van der Waals surface area contributed by atoms with Crippen molar-refractivity contribution in [2.75, 3.05) is 0 Å². The van der Waals surface area contributed by atoms with Crippen LogP contribution in [0.1, 0.15) is 31.1 Å². The Labute approximate surface area is 116 Å². The first-order valence-electron chi connectivity index (χ1n) is 5.89. The molecule has 0 unspecified atom stereocenters. The molecule has 2 rings (SSSR count). The third kappa shape index (κ3) is 3.11. The molecule has 0 aliphatic carbocycles. The predicted molar refractivity (Wildman–Crippen MR) is 70.3 cm³/mol. The molecule has 0 saturated heterocycles. The molecule has 0 bridgehead atoms. The molecule has 2 aromatic rings. The van der Waals surface area contributed by atoms with Crippen LogP contribution in [0.3, 0.4) is 0 Å². The number of hydrogen-bond donors (Lipinski definition) is 1. The molecule has 0 fully saturated rings. The minimum absolute atomic E-state index is 0.278. The van der Waals surface area contributed by atoms with Gasteiger partial charge >= 0.3 is 0 Å². The van der Waals surface area contributed by atoms with Crippen LogP contribution in [0.5, 0.6) is 0 Å². The Kier molecular flexibility index (Phi) is 3.87. The number of nitrogens with one attached hydrogen (secondary N) is 1. The van der Waals surface area contributed by atoms with Gasteiger partial charge in [-0.2, -0.15) is 4.98 Å². The van der Waals surface area contributed by atoms with Crippen LogP contribution >= 0.6 is 11.6 Å². The van der Waals surface area contributed by atoms with Gasteiger partial charge < -0.3 is 4.52 Å². The van der Waals surface area contributed by atoms with Crippen molar-refractivity contribution >= 4 is 11.6 Å². The lowest BCUT2D eigenvalue weighted by molar-refractivity contribution is 0.265. The molecular weight excluding hydrogens is 269 g/mol. The maximum atomic E-state index is 13.7. The zero-order valence-corrected chi connectivity index (χ0v) is 11.8. The minimum Gasteiger partial charge on any atom is -0.337 e. The average molecular weight is 284 g/mol. The van der Waals surface area contributed by atoms with Crippen molar-refractivity contribution in [2.24, 2.45) is 0 Å². The van der Waals surface area contributed by atoms with Gasteiger partial charge in [-0.25, -0.2) is 4.39 Å². The summed E-state index contributed by atoms with van der Waals surface area (Å²) in [4.78, 5) is 4.17. The summed E-state index contributed by atoms with van der Waals surface area (Å²) in [5.74, 6) is 0.684. The molecule has 0 spiro atoms. The van der Waals surface area contributed by atoms with Crippen molar-refractivity contribution < 1.29 is 8.91 Å². The van der Waals surface area contributed by atoms with Gasteiger partial charge in [-0.1, -0.05) is 22.8 Å². The molecule has 0 saturated carbocycles. The molecule has 1 N–H and O–H groups in total. The number of benzene rings is 1. The summed E-state index contributed by atoms with van der Waals surface area (Å²) in [6, 6.07) is 4.62. The monoisotopic (exact) mass is 283 g/mol. The van der Waals surface area contributed by atoms with Crippen molar-refractivity contribution in [3.05, 3.63) is 46.3 Å². The van der Waals surface area contributed by atoms with E-state index < -0.39 is 5.54 Å².